The molecule has 7 heteroatoms. The predicted molar refractivity (Wildman–Crippen MR) is 69.9 cm³/mol. The number of hydrogen-bond acceptors (Lipinski definition) is 2. The van der Waals surface area contributed by atoms with Crippen LogP contribution < -0.4 is 5.32 Å². The van der Waals surface area contributed by atoms with E-state index in [1.807, 2.05) is 0 Å². The van der Waals surface area contributed by atoms with Crippen molar-refractivity contribution in [3.05, 3.63) is 29.0 Å². The molecule has 1 rings (SSSR count). The molecule has 19 heavy (non-hydrogen) atoms. The lowest BCUT2D eigenvalue weighted by atomic mass is 10.2. The highest BCUT2D eigenvalue weighted by atomic mass is 35.5. The Kier molecular flexibility index (Phi) is 5.11. The summed E-state index contributed by atoms with van der Waals surface area (Å²) in [5, 5.41) is 11.0. The topological polar surface area (TPSA) is 69.6 Å². The maximum Gasteiger partial charge on any atom is 0.321 e. The van der Waals surface area contributed by atoms with Gasteiger partial charge in [-0.25, -0.2) is 9.18 Å². The van der Waals surface area contributed by atoms with Crippen molar-refractivity contribution >= 4 is 29.3 Å². The number of rotatable bonds is 4. The van der Waals surface area contributed by atoms with E-state index in [0.717, 1.165) is 0 Å². The van der Waals surface area contributed by atoms with Crippen LogP contribution in [0.2, 0.25) is 5.02 Å². The summed E-state index contributed by atoms with van der Waals surface area (Å²) in [6.45, 7) is 1.50. The summed E-state index contributed by atoms with van der Waals surface area (Å²) in [7, 11) is 1.43. The van der Waals surface area contributed by atoms with Crippen LogP contribution in [-0.4, -0.2) is 35.6 Å². The summed E-state index contributed by atoms with van der Waals surface area (Å²) in [6.07, 6.45) is 0. The molecular weight excluding hydrogens is 275 g/mol. The maximum absolute atomic E-state index is 13.6. The molecule has 1 atom stereocenters. The first-order valence-corrected chi connectivity index (χ1v) is 5.89. The van der Waals surface area contributed by atoms with E-state index in [1.165, 1.54) is 37.1 Å². The fraction of sp³-hybridized carbons (Fsp3) is 0.333. The highest BCUT2D eigenvalue weighted by molar-refractivity contribution is 6.31. The van der Waals surface area contributed by atoms with Gasteiger partial charge in [-0.3, -0.25) is 4.79 Å². The molecule has 104 valence electrons. The van der Waals surface area contributed by atoms with Gasteiger partial charge in [0.05, 0.1) is 16.6 Å². The van der Waals surface area contributed by atoms with Crippen molar-refractivity contribution in [1.29, 1.82) is 0 Å². The standard InChI is InChI=1S/C12H14ClFN2O3/c1-7(11(17)18)6-16(2)12(19)15-9-5-3-4-8(13)10(9)14/h3-5,7H,6H2,1-2H3,(H,15,19)(H,17,18). The van der Waals surface area contributed by atoms with E-state index in [-0.39, 0.29) is 17.3 Å². The molecule has 0 heterocycles. The van der Waals surface area contributed by atoms with Crippen LogP contribution in [0.4, 0.5) is 14.9 Å². The molecule has 2 N–H and O–H groups in total. The number of aliphatic carboxylic acids is 1. The van der Waals surface area contributed by atoms with E-state index in [9.17, 15) is 14.0 Å². The molecule has 1 aromatic carbocycles. The summed E-state index contributed by atoms with van der Waals surface area (Å²) >= 11 is 5.59. The SMILES string of the molecule is CC(CN(C)C(=O)Nc1cccc(Cl)c1F)C(=O)O. The molecular formula is C12H14ClFN2O3. The zero-order valence-corrected chi connectivity index (χ0v) is 11.2. The first-order valence-electron chi connectivity index (χ1n) is 5.52. The average Bonchev–Trinajstić information content (AvgIpc) is 2.34. The number of carboxylic acid groups (broad SMARTS) is 1. The van der Waals surface area contributed by atoms with E-state index >= 15 is 0 Å². The fourth-order valence-electron chi connectivity index (χ4n) is 1.38. The van der Waals surface area contributed by atoms with Crippen molar-refractivity contribution in [3.63, 3.8) is 0 Å². The molecule has 1 aromatic rings. The Morgan fingerprint density at radius 1 is 1.53 bits per heavy atom. The third-order valence-corrected chi connectivity index (χ3v) is 2.80. The largest absolute Gasteiger partial charge is 0.481 e. The monoisotopic (exact) mass is 288 g/mol. The minimum absolute atomic E-state index is 0.0172. The molecule has 1 unspecified atom stereocenters. The Morgan fingerprint density at radius 2 is 2.16 bits per heavy atom. The normalized spacial score (nSPS) is 11.8. The minimum Gasteiger partial charge on any atom is -0.481 e. The van der Waals surface area contributed by atoms with Crippen LogP contribution in [0.1, 0.15) is 6.92 Å². The number of amides is 2. The molecule has 0 aliphatic heterocycles. The van der Waals surface area contributed by atoms with Crippen molar-refractivity contribution in [1.82, 2.24) is 4.90 Å². The number of nitrogens with one attached hydrogen (secondary N) is 1. The Labute approximate surface area is 115 Å². The highest BCUT2D eigenvalue weighted by Gasteiger charge is 2.18. The second-order valence-corrected chi connectivity index (χ2v) is 4.56. The number of carboxylic acids is 1. The van der Waals surface area contributed by atoms with Crippen LogP contribution >= 0.6 is 11.6 Å². The second kappa shape index (κ2) is 6.38. The number of benzene rings is 1. The zero-order valence-electron chi connectivity index (χ0n) is 10.5. The Morgan fingerprint density at radius 3 is 2.74 bits per heavy atom. The van der Waals surface area contributed by atoms with Crippen LogP contribution in [-0.2, 0) is 4.79 Å². The number of nitrogens with zero attached hydrogens (tertiary/aromatic N) is 1. The Balaban J connectivity index is 2.69. The number of carbonyl (C=O) groups excluding carboxylic acids is 1. The van der Waals surface area contributed by atoms with Gasteiger partial charge in [-0.1, -0.05) is 24.6 Å². The Bertz CT molecular complexity index is 496. The lowest BCUT2D eigenvalue weighted by molar-refractivity contribution is -0.141. The second-order valence-electron chi connectivity index (χ2n) is 4.15. The summed E-state index contributed by atoms with van der Waals surface area (Å²) in [5.74, 6) is -2.44. The maximum atomic E-state index is 13.6. The van der Waals surface area contributed by atoms with Crippen LogP contribution in [0.15, 0.2) is 18.2 Å². The van der Waals surface area contributed by atoms with E-state index in [1.54, 1.807) is 0 Å². The van der Waals surface area contributed by atoms with Crippen molar-refractivity contribution in [2.45, 2.75) is 6.92 Å². The number of anilines is 1. The smallest absolute Gasteiger partial charge is 0.321 e. The van der Waals surface area contributed by atoms with Crippen molar-refractivity contribution in [3.8, 4) is 0 Å². The molecule has 0 saturated carbocycles. The van der Waals surface area contributed by atoms with E-state index in [4.69, 9.17) is 16.7 Å². The predicted octanol–water partition coefficient (Wildman–Crippen LogP) is 2.66. The van der Waals surface area contributed by atoms with Gasteiger partial charge in [-0.2, -0.15) is 0 Å². The summed E-state index contributed by atoms with van der Waals surface area (Å²) < 4.78 is 13.6. The molecule has 0 fully saturated rings. The van der Waals surface area contributed by atoms with Crippen LogP contribution in [0, 0.1) is 11.7 Å². The van der Waals surface area contributed by atoms with Crippen molar-refractivity contribution in [2.75, 3.05) is 18.9 Å². The van der Waals surface area contributed by atoms with Crippen molar-refractivity contribution < 1.29 is 19.1 Å². The molecule has 0 radical (unpaired) electrons. The van der Waals surface area contributed by atoms with Gasteiger partial charge >= 0.3 is 12.0 Å². The zero-order chi connectivity index (χ0) is 14.6. The number of halogens is 2. The van der Waals surface area contributed by atoms with Gasteiger partial charge in [0, 0.05) is 13.6 Å². The van der Waals surface area contributed by atoms with Gasteiger partial charge in [0.15, 0.2) is 5.82 Å². The van der Waals surface area contributed by atoms with Gasteiger partial charge in [0.2, 0.25) is 0 Å². The van der Waals surface area contributed by atoms with Gasteiger partial charge < -0.3 is 15.3 Å². The third-order valence-electron chi connectivity index (χ3n) is 2.51. The molecule has 0 saturated heterocycles. The van der Waals surface area contributed by atoms with Gasteiger partial charge in [0.1, 0.15) is 0 Å². The lowest BCUT2D eigenvalue weighted by Crippen LogP contribution is -2.36. The summed E-state index contributed by atoms with van der Waals surface area (Å²) in [6, 6.07) is 3.63. The number of hydrogen-bond donors (Lipinski definition) is 2. The van der Waals surface area contributed by atoms with Gasteiger partial charge in [-0.15, -0.1) is 0 Å². The molecule has 0 aliphatic carbocycles. The van der Waals surface area contributed by atoms with Crippen LogP contribution in [0.5, 0.6) is 0 Å². The van der Waals surface area contributed by atoms with Crippen LogP contribution in [0.25, 0.3) is 0 Å². The molecule has 5 nitrogen and oxygen atoms in total. The first kappa shape index (κ1) is 15.2. The minimum atomic E-state index is -1.01. The molecule has 0 aromatic heterocycles. The molecule has 0 spiro atoms. The van der Waals surface area contributed by atoms with Gasteiger partial charge in [0.25, 0.3) is 0 Å². The lowest BCUT2D eigenvalue weighted by Gasteiger charge is -2.20. The fourth-order valence-corrected chi connectivity index (χ4v) is 1.56. The average molecular weight is 289 g/mol. The van der Waals surface area contributed by atoms with E-state index in [0.29, 0.717) is 0 Å². The van der Waals surface area contributed by atoms with Crippen LogP contribution in [0.3, 0.4) is 0 Å². The number of urea groups is 1. The highest BCUT2D eigenvalue weighted by Crippen LogP contribution is 2.22. The Hall–Kier alpha value is -1.82. The van der Waals surface area contributed by atoms with E-state index in [2.05, 4.69) is 5.32 Å². The van der Waals surface area contributed by atoms with Crippen molar-refractivity contribution in [2.24, 2.45) is 5.92 Å². The van der Waals surface area contributed by atoms with Gasteiger partial charge in [-0.05, 0) is 12.1 Å². The quantitative estimate of drug-likeness (QED) is 0.895. The summed E-state index contributed by atoms with van der Waals surface area (Å²) in [4.78, 5) is 23.6. The summed E-state index contributed by atoms with van der Waals surface area (Å²) in [5.41, 5.74) is -0.0488. The third kappa shape index (κ3) is 4.10. The molecule has 0 aliphatic rings. The molecule has 0 bridgehead atoms. The van der Waals surface area contributed by atoms with E-state index < -0.39 is 23.7 Å². The molecule has 2 amide bonds. The first-order chi connectivity index (χ1) is 8.82. The number of carbonyl (C=O) groups is 2.